The number of halogens is 4. The van der Waals surface area contributed by atoms with E-state index in [9.17, 15) is 22.4 Å². The Balaban J connectivity index is 1.93. The van der Waals surface area contributed by atoms with Crippen LogP contribution in [-0.4, -0.2) is 34.6 Å². The zero-order valence-corrected chi connectivity index (χ0v) is 13.9. The molecule has 1 saturated heterocycles. The van der Waals surface area contributed by atoms with Gasteiger partial charge in [-0.1, -0.05) is 0 Å². The van der Waals surface area contributed by atoms with E-state index in [4.69, 9.17) is 4.74 Å². The zero-order valence-electron chi connectivity index (χ0n) is 13.9. The molecule has 136 valence electrons. The summed E-state index contributed by atoms with van der Waals surface area (Å²) in [6, 6.07) is 3.52. The molecule has 3 rings (SSSR count). The summed E-state index contributed by atoms with van der Waals surface area (Å²) in [6.07, 6.45) is -1.14. The van der Waals surface area contributed by atoms with Gasteiger partial charge >= 0.3 is 12.1 Å². The second kappa shape index (κ2) is 5.93. The quantitative estimate of drug-likeness (QED) is 0.658. The molecule has 2 aliphatic heterocycles. The van der Waals surface area contributed by atoms with Gasteiger partial charge in [0.05, 0.1) is 5.69 Å². The molecule has 0 aromatic carbocycles. The summed E-state index contributed by atoms with van der Waals surface area (Å²) >= 11 is 0. The third-order valence-electron chi connectivity index (χ3n) is 4.68. The van der Waals surface area contributed by atoms with E-state index in [1.165, 1.54) is 6.92 Å². The van der Waals surface area contributed by atoms with Crippen molar-refractivity contribution in [3.8, 4) is 0 Å². The summed E-state index contributed by atoms with van der Waals surface area (Å²) in [5.74, 6) is -1.90. The maximum absolute atomic E-state index is 14.0. The van der Waals surface area contributed by atoms with Crippen LogP contribution in [0.4, 0.5) is 17.6 Å². The molecule has 1 spiro atoms. The Kier molecular flexibility index (Phi) is 4.17. The Hall–Kier alpha value is -2.25. The monoisotopic (exact) mass is 358 g/mol. The molecule has 2 aliphatic rings. The molecule has 1 amide bonds. The summed E-state index contributed by atoms with van der Waals surface area (Å²) in [4.78, 5) is 12.2. The summed E-state index contributed by atoms with van der Waals surface area (Å²) in [7, 11) is 0. The Bertz CT molecular complexity index is 749. The van der Waals surface area contributed by atoms with Crippen LogP contribution >= 0.6 is 0 Å². The number of likely N-dealkylation sites (tertiary alicyclic amines) is 1. The standard InChI is InChI=1S/C17H18F4N2O2/c1-3-12-14(11(2)18)23-8-4-5-13(23)16(25-12)6-9-22(10-7-16)15(24)17(19,20)21/h3-5,8H,6-7,9-10H2,1-2H3. The Morgan fingerprint density at radius 3 is 2.48 bits per heavy atom. The topological polar surface area (TPSA) is 34.5 Å². The van der Waals surface area contributed by atoms with Gasteiger partial charge in [-0.15, -0.1) is 0 Å². The van der Waals surface area contributed by atoms with Crippen molar-refractivity contribution in [1.82, 2.24) is 9.47 Å². The van der Waals surface area contributed by atoms with Gasteiger partial charge in [0.15, 0.2) is 5.60 Å². The molecule has 4 nitrogen and oxygen atoms in total. The number of aromatic nitrogens is 1. The average molecular weight is 358 g/mol. The van der Waals surface area contributed by atoms with E-state index in [0.717, 1.165) is 4.90 Å². The number of hydrogen-bond acceptors (Lipinski definition) is 2. The Morgan fingerprint density at radius 2 is 1.96 bits per heavy atom. The average Bonchev–Trinajstić information content (AvgIpc) is 3.03. The number of alkyl halides is 3. The van der Waals surface area contributed by atoms with Crippen molar-refractivity contribution in [2.24, 2.45) is 0 Å². The molecule has 0 bridgehead atoms. The van der Waals surface area contributed by atoms with E-state index >= 15 is 0 Å². The molecule has 8 heteroatoms. The molecular weight excluding hydrogens is 340 g/mol. The van der Waals surface area contributed by atoms with Gasteiger partial charge < -0.3 is 14.2 Å². The van der Waals surface area contributed by atoms with E-state index in [-0.39, 0.29) is 25.9 Å². The number of carbonyl (C=O) groups excluding carboxylic acids is 1. The van der Waals surface area contributed by atoms with Crippen LogP contribution in [0.3, 0.4) is 0 Å². The van der Waals surface area contributed by atoms with Crippen LogP contribution in [0.25, 0.3) is 5.70 Å². The third kappa shape index (κ3) is 2.83. The number of piperidine rings is 1. The number of amides is 1. The molecule has 3 heterocycles. The van der Waals surface area contributed by atoms with Crippen molar-refractivity contribution < 1.29 is 27.1 Å². The third-order valence-corrected chi connectivity index (χ3v) is 4.68. The highest BCUT2D eigenvalue weighted by Gasteiger charge is 2.49. The van der Waals surface area contributed by atoms with Gasteiger partial charge in [-0.2, -0.15) is 13.2 Å². The number of hydrogen-bond donors (Lipinski definition) is 0. The van der Waals surface area contributed by atoms with Crippen LogP contribution in [0.1, 0.15) is 32.4 Å². The first-order chi connectivity index (χ1) is 11.7. The minimum atomic E-state index is -4.88. The first kappa shape index (κ1) is 17.6. The maximum atomic E-state index is 14.0. The van der Waals surface area contributed by atoms with Crippen LogP contribution in [0, 0.1) is 0 Å². The number of allylic oxidation sites excluding steroid dienone is 3. The number of rotatable bonds is 0. The smallest absolute Gasteiger partial charge is 0.471 e. The molecule has 25 heavy (non-hydrogen) atoms. The van der Waals surface area contributed by atoms with Crippen molar-refractivity contribution in [3.63, 3.8) is 0 Å². The molecule has 0 saturated carbocycles. The minimum absolute atomic E-state index is 0.0752. The lowest BCUT2D eigenvalue weighted by Gasteiger charge is -2.45. The molecule has 0 atom stereocenters. The molecule has 0 N–H and O–H groups in total. The van der Waals surface area contributed by atoms with Crippen LogP contribution in [-0.2, 0) is 15.1 Å². The molecule has 1 aromatic rings. The van der Waals surface area contributed by atoms with E-state index in [1.54, 1.807) is 35.9 Å². The lowest BCUT2D eigenvalue weighted by Crippen LogP contribution is -2.51. The van der Waals surface area contributed by atoms with Gasteiger partial charge in [-0.25, -0.2) is 4.39 Å². The second-order valence-electron chi connectivity index (χ2n) is 6.18. The zero-order chi connectivity index (χ0) is 18.4. The van der Waals surface area contributed by atoms with Crippen LogP contribution in [0.2, 0.25) is 0 Å². The molecule has 0 radical (unpaired) electrons. The van der Waals surface area contributed by atoms with Gasteiger partial charge in [0, 0.05) is 32.1 Å². The van der Waals surface area contributed by atoms with Crippen LogP contribution < -0.4 is 0 Å². The predicted octanol–water partition coefficient (Wildman–Crippen LogP) is 3.96. The van der Waals surface area contributed by atoms with Crippen molar-refractivity contribution in [2.75, 3.05) is 13.1 Å². The first-order valence-corrected chi connectivity index (χ1v) is 7.96. The SMILES string of the molecule is CC=C1OC2(CCN(C(=O)C(F)(F)F)CC2)c2cccn2C1=C(C)F. The number of fused-ring (bicyclic) bond motifs is 2. The van der Waals surface area contributed by atoms with Crippen LogP contribution in [0.5, 0.6) is 0 Å². The number of carbonyl (C=O) groups is 1. The second-order valence-corrected chi connectivity index (χ2v) is 6.18. The van der Waals surface area contributed by atoms with E-state index < -0.39 is 23.5 Å². The van der Waals surface area contributed by atoms with E-state index in [0.29, 0.717) is 17.2 Å². The summed E-state index contributed by atoms with van der Waals surface area (Å²) in [6.45, 7) is 2.89. The van der Waals surface area contributed by atoms with Gasteiger partial charge in [0.1, 0.15) is 17.3 Å². The minimum Gasteiger partial charge on any atom is -0.479 e. The lowest BCUT2D eigenvalue weighted by molar-refractivity contribution is -0.189. The Labute approximate surface area is 142 Å². The Morgan fingerprint density at radius 1 is 1.32 bits per heavy atom. The largest absolute Gasteiger partial charge is 0.479 e. The highest BCUT2D eigenvalue weighted by molar-refractivity contribution is 5.82. The number of nitrogens with zero attached hydrogens (tertiary/aromatic N) is 2. The van der Waals surface area contributed by atoms with E-state index in [2.05, 4.69) is 0 Å². The predicted molar refractivity (Wildman–Crippen MR) is 82.8 cm³/mol. The highest BCUT2D eigenvalue weighted by Crippen LogP contribution is 2.46. The van der Waals surface area contributed by atoms with Gasteiger partial charge in [0.25, 0.3) is 0 Å². The van der Waals surface area contributed by atoms with Crippen molar-refractivity contribution in [3.05, 3.63) is 41.7 Å². The summed E-state index contributed by atoms with van der Waals surface area (Å²) < 4.78 is 59.6. The molecule has 0 aliphatic carbocycles. The lowest BCUT2D eigenvalue weighted by atomic mass is 9.86. The van der Waals surface area contributed by atoms with Gasteiger partial charge in [-0.05, 0) is 32.1 Å². The van der Waals surface area contributed by atoms with Crippen molar-refractivity contribution in [1.29, 1.82) is 0 Å². The van der Waals surface area contributed by atoms with Gasteiger partial charge in [0.2, 0.25) is 0 Å². The fourth-order valence-corrected chi connectivity index (χ4v) is 3.52. The van der Waals surface area contributed by atoms with E-state index in [1.807, 2.05) is 0 Å². The normalized spacial score (nSPS) is 23.4. The summed E-state index contributed by atoms with van der Waals surface area (Å²) in [5.41, 5.74) is 0.110. The molecule has 0 unspecified atom stereocenters. The maximum Gasteiger partial charge on any atom is 0.471 e. The fraction of sp³-hybridized carbons (Fsp3) is 0.471. The molecule has 1 aromatic heterocycles. The van der Waals surface area contributed by atoms with Crippen molar-refractivity contribution >= 4 is 11.6 Å². The number of ether oxygens (including phenoxy) is 1. The fourth-order valence-electron chi connectivity index (χ4n) is 3.52. The highest BCUT2D eigenvalue weighted by atomic mass is 19.4. The van der Waals surface area contributed by atoms with Crippen molar-refractivity contribution in [2.45, 2.75) is 38.5 Å². The van der Waals surface area contributed by atoms with Gasteiger partial charge in [-0.3, -0.25) is 4.79 Å². The van der Waals surface area contributed by atoms with Crippen LogP contribution in [0.15, 0.2) is 36.0 Å². The molecular formula is C17H18F4N2O2. The molecule has 1 fully saturated rings. The first-order valence-electron chi connectivity index (χ1n) is 7.96. The summed E-state index contributed by atoms with van der Waals surface area (Å²) in [5, 5.41) is 0.